The molecule has 0 radical (unpaired) electrons. The van der Waals surface area contributed by atoms with Crippen LogP contribution in [-0.2, 0) is 9.53 Å². The number of amides is 1. The molecule has 0 saturated carbocycles. The molecule has 1 amide bonds. The van der Waals surface area contributed by atoms with Crippen molar-refractivity contribution >= 4 is 17.6 Å². The zero-order chi connectivity index (χ0) is 20.1. The summed E-state index contributed by atoms with van der Waals surface area (Å²) in [6.07, 6.45) is 1.40. The zero-order valence-electron chi connectivity index (χ0n) is 16.8. The fraction of sp³-hybridized carbons (Fsp3) is 0.391. The molecule has 0 bridgehead atoms. The second-order valence-electron chi connectivity index (χ2n) is 7.57. The Balaban J connectivity index is 1.46. The number of carbonyl (C=O) groups excluding carboxylic acids is 2. The van der Waals surface area contributed by atoms with E-state index in [9.17, 15) is 9.59 Å². The molecule has 1 N–H and O–H groups in total. The summed E-state index contributed by atoms with van der Waals surface area (Å²) >= 11 is 0. The Morgan fingerprint density at radius 1 is 1.04 bits per heavy atom. The van der Waals surface area contributed by atoms with E-state index in [-0.39, 0.29) is 18.0 Å². The van der Waals surface area contributed by atoms with Gasteiger partial charge in [0.15, 0.2) is 0 Å². The fourth-order valence-corrected chi connectivity index (χ4v) is 3.74. The molecule has 2 aromatic rings. The molecule has 0 spiro atoms. The van der Waals surface area contributed by atoms with Crippen LogP contribution in [0.15, 0.2) is 42.5 Å². The van der Waals surface area contributed by atoms with Gasteiger partial charge in [-0.3, -0.25) is 9.69 Å². The topological polar surface area (TPSA) is 58.6 Å². The number of esters is 1. The maximum Gasteiger partial charge on any atom is 0.338 e. The smallest absolute Gasteiger partial charge is 0.338 e. The van der Waals surface area contributed by atoms with Crippen molar-refractivity contribution in [2.75, 3.05) is 25.0 Å². The van der Waals surface area contributed by atoms with Crippen LogP contribution in [0, 0.1) is 20.8 Å². The first-order valence-corrected chi connectivity index (χ1v) is 9.78. The molecule has 28 heavy (non-hydrogen) atoms. The molecule has 1 fully saturated rings. The number of hydrogen-bond acceptors (Lipinski definition) is 4. The number of carbonyl (C=O) groups is 2. The third-order valence-electron chi connectivity index (χ3n) is 5.13. The lowest BCUT2D eigenvalue weighted by atomic mass is 10.0. The molecule has 0 unspecified atom stereocenters. The van der Waals surface area contributed by atoms with Crippen LogP contribution in [0.2, 0.25) is 0 Å². The van der Waals surface area contributed by atoms with E-state index in [2.05, 4.69) is 29.3 Å². The van der Waals surface area contributed by atoms with E-state index >= 15 is 0 Å². The van der Waals surface area contributed by atoms with Gasteiger partial charge in [-0.25, -0.2) is 4.79 Å². The summed E-state index contributed by atoms with van der Waals surface area (Å²) in [7, 11) is 0. The minimum absolute atomic E-state index is 0.00483. The third kappa shape index (κ3) is 5.20. The molecule has 0 aromatic heterocycles. The Kier molecular flexibility index (Phi) is 6.47. The van der Waals surface area contributed by atoms with Crippen LogP contribution >= 0.6 is 0 Å². The molecular weight excluding hydrogens is 352 g/mol. The molecule has 148 valence electrons. The van der Waals surface area contributed by atoms with Gasteiger partial charge in [0.05, 0.1) is 12.1 Å². The van der Waals surface area contributed by atoms with E-state index in [1.54, 1.807) is 12.1 Å². The molecule has 3 rings (SSSR count). The lowest BCUT2D eigenvalue weighted by Gasteiger charge is -2.31. The number of piperidine rings is 1. The normalized spacial score (nSPS) is 15.2. The standard InChI is InChI=1S/C23H28N2O3/c1-16-13-17(2)22(18(3)14-16)24-21(26)15-25-11-9-20(10-12-25)28-23(27)19-7-5-4-6-8-19/h4-8,13-14,20H,9-12,15H2,1-3H3,(H,24,26). The maximum absolute atomic E-state index is 12.5. The monoisotopic (exact) mass is 380 g/mol. The Morgan fingerprint density at radius 3 is 2.25 bits per heavy atom. The number of nitrogens with zero attached hydrogens (tertiary/aromatic N) is 1. The molecule has 2 aromatic carbocycles. The van der Waals surface area contributed by atoms with Crippen molar-refractivity contribution in [2.24, 2.45) is 0 Å². The summed E-state index contributed by atoms with van der Waals surface area (Å²) in [5.74, 6) is -0.281. The molecule has 1 aliphatic heterocycles. The number of hydrogen-bond donors (Lipinski definition) is 1. The minimum Gasteiger partial charge on any atom is -0.459 e. The SMILES string of the molecule is Cc1cc(C)c(NC(=O)CN2CCC(OC(=O)c3ccccc3)CC2)c(C)c1. The first-order chi connectivity index (χ1) is 13.4. The van der Waals surface area contributed by atoms with E-state index in [4.69, 9.17) is 4.74 Å². The summed E-state index contributed by atoms with van der Waals surface area (Å²) in [6, 6.07) is 13.2. The average molecular weight is 380 g/mol. The predicted molar refractivity (Wildman–Crippen MR) is 111 cm³/mol. The van der Waals surface area contributed by atoms with Crippen LogP contribution in [0.4, 0.5) is 5.69 Å². The van der Waals surface area contributed by atoms with Gasteiger partial charge in [0.2, 0.25) is 5.91 Å². The summed E-state index contributed by atoms with van der Waals surface area (Å²) in [5, 5.41) is 3.05. The molecule has 5 nitrogen and oxygen atoms in total. The highest BCUT2D eigenvalue weighted by Gasteiger charge is 2.24. The van der Waals surface area contributed by atoms with Crippen LogP contribution in [0.25, 0.3) is 0 Å². The number of benzene rings is 2. The Bertz CT molecular complexity index is 817. The number of ether oxygens (including phenoxy) is 1. The van der Waals surface area contributed by atoms with E-state index in [0.29, 0.717) is 12.1 Å². The van der Waals surface area contributed by atoms with E-state index in [1.807, 2.05) is 32.0 Å². The second kappa shape index (κ2) is 9.02. The van der Waals surface area contributed by atoms with Crippen LogP contribution < -0.4 is 5.32 Å². The van der Waals surface area contributed by atoms with Crippen molar-refractivity contribution in [2.45, 2.75) is 39.7 Å². The number of likely N-dealkylation sites (tertiary alicyclic amines) is 1. The van der Waals surface area contributed by atoms with Crippen molar-refractivity contribution in [3.63, 3.8) is 0 Å². The van der Waals surface area contributed by atoms with Gasteiger partial charge in [0, 0.05) is 18.8 Å². The first-order valence-electron chi connectivity index (χ1n) is 9.78. The largest absolute Gasteiger partial charge is 0.459 e. The molecule has 1 aliphatic rings. The highest BCUT2D eigenvalue weighted by atomic mass is 16.5. The quantitative estimate of drug-likeness (QED) is 0.800. The van der Waals surface area contributed by atoms with Crippen molar-refractivity contribution in [1.29, 1.82) is 0 Å². The summed E-state index contributed by atoms with van der Waals surface area (Å²) in [6.45, 7) is 7.93. The van der Waals surface area contributed by atoms with Gasteiger partial charge < -0.3 is 10.1 Å². The highest BCUT2D eigenvalue weighted by Crippen LogP contribution is 2.22. The molecule has 0 atom stereocenters. The minimum atomic E-state index is -0.276. The van der Waals surface area contributed by atoms with Gasteiger partial charge in [-0.2, -0.15) is 0 Å². The van der Waals surface area contributed by atoms with Crippen LogP contribution in [-0.4, -0.2) is 42.5 Å². The second-order valence-corrected chi connectivity index (χ2v) is 7.57. The first kappa shape index (κ1) is 20.1. The van der Waals surface area contributed by atoms with Crippen molar-refractivity contribution in [3.8, 4) is 0 Å². The van der Waals surface area contributed by atoms with Gasteiger partial charge in [0.25, 0.3) is 0 Å². The number of nitrogens with one attached hydrogen (secondary N) is 1. The van der Waals surface area contributed by atoms with E-state index in [1.165, 1.54) is 5.56 Å². The zero-order valence-corrected chi connectivity index (χ0v) is 16.8. The van der Waals surface area contributed by atoms with E-state index in [0.717, 1.165) is 42.7 Å². The molecule has 1 heterocycles. The summed E-state index contributed by atoms with van der Waals surface area (Å²) < 4.78 is 5.60. The van der Waals surface area contributed by atoms with Gasteiger partial charge in [-0.15, -0.1) is 0 Å². The number of anilines is 1. The van der Waals surface area contributed by atoms with Crippen molar-refractivity contribution < 1.29 is 14.3 Å². The third-order valence-corrected chi connectivity index (χ3v) is 5.13. The van der Waals surface area contributed by atoms with Crippen LogP contribution in [0.5, 0.6) is 0 Å². The summed E-state index contributed by atoms with van der Waals surface area (Å²) in [4.78, 5) is 26.8. The van der Waals surface area contributed by atoms with Gasteiger partial charge >= 0.3 is 5.97 Å². The molecule has 1 saturated heterocycles. The van der Waals surface area contributed by atoms with E-state index < -0.39 is 0 Å². The van der Waals surface area contributed by atoms with Gasteiger partial charge in [0.1, 0.15) is 6.10 Å². The lowest BCUT2D eigenvalue weighted by Crippen LogP contribution is -2.41. The molecular formula is C23H28N2O3. The van der Waals surface area contributed by atoms with Gasteiger partial charge in [-0.1, -0.05) is 35.9 Å². The maximum atomic E-state index is 12.5. The van der Waals surface area contributed by atoms with Gasteiger partial charge in [-0.05, 0) is 56.9 Å². The van der Waals surface area contributed by atoms with Crippen LogP contribution in [0.1, 0.15) is 39.9 Å². The Hall–Kier alpha value is -2.66. The fourth-order valence-electron chi connectivity index (χ4n) is 3.74. The highest BCUT2D eigenvalue weighted by molar-refractivity contribution is 5.93. The van der Waals surface area contributed by atoms with Crippen LogP contribution in [0.3, 0.4) is 0 Å². The molecule has 0 aliphatic carbocycles. The Labute approximate surface area is 166 Å². The Morgan fingerprint density at radius 2 is 1.64 bits per heavy atom. The van der Waals surface area contributed by atoms with Crippen molar-refractivity contribution in [1.82, 2.24) is 4.90 Å². The number of rotatable bonds is 5. The predicted octanol–water partition coefficient (Wildman–Crippen LogP) is 3.87. The summed E-state index contributed by atoms with van der Waals surface area (Å²) in [5.41, 5.74) is 4.84. The lowest BCUT2D eigenvalue weighted by molar-refractivity contribution is -0.117. The average Bonchev–Trinajstić information content (AvgIpc) is 2.67. The van der Waals surface area contributed by atoms with Crippen molar-refractivity contribution in [3.05, 3.63) is 64.7 Å². The number of aryl methyl sites for hydroxylation is 3. The molecule has 5 heteroatoms.